The molecular weight excluding hydrogens is 254 g/mol. The Morgan fingerprint density at radius 3 is 2.37 bits per heavy atom. The molecule has 0 aromatic heterocycles. The molecule has 19 heavy (non-hydrogen) atoms. The van der Waals surface area contributed by atoms with Gasteiger partial charge in [-0.05, 0) is 51.5 Å². The Hall–Kier alpha value is -1.29. The van der Waals surface area contributed by atoms with E-state index >= 15 is 0 Å². The van der Waals surface area contributed by atoms with Gasteiger partial charge in [-0.2, -0.15) is 0 Å². The van der Waals surface area contributed by atoms with E-state index in [1.807, 2.05) is 18.2 Å². The number of Topliss-reactive ketones (excluding diaryl/α,β-unsaturated/α-hetero) is 1. The summed E-state index contributed by atoms with van der Waals surface area (Å²) in [5, 5.41) is 0. The van der Waals surface area contributed by atoms with E-state index in [1.54, 1.807) is 6.92 Å². The van der Waals surface area contributed by atoms with E-state index in [-0.39, 0.29) is 5.78 Å². The summed E-state index contributed by atoms with van der Waals surface area (Å²) in [4.78, 5) is 14.1. The maximum atomic E-state index is 11.7. The van der Waals surface area contributed by atoms with Gasteiger partial charge in [0, 0.05) is 24.8 Å². The Morgan fingerprint density at radius 2 is 1.84 bits per heavy atom. The minimum Gasteiger partial charge on any atom is -0.544 e. The van der Waals surface area contributed by atoms with Crippen molar-refractivity contribution in [2.24, 2.45) is 0 Å². The fourth-order valence-electron chi connectivity index (χ4n) is 2.39. The molecule has 4 heteroatoms. The first kappa shape index (κ1) is 14.1. The summed E-state index contributed by atoms with van der Waals surface area (Å²) in [6.07, 6.45) is 2.50. The molecule has 0 atom stereocenters. The van der Waals surface area contributed by atoms with E-state index in [0.717, 1.165) is 18.8 Å². The first-order valence-electron chi connectivity index (χ1n) is 6.96. The molecule has 0 unspecified atom stereocenters. The number of carbonyl (C=O) groups excluding carboxylic acids is 1. The molecule has 1 aromatic rings. The first-order valence-corrected chi connectivity index (χ1v) is 10.4. The zero-order chi connectivity index (χ0) is 14.0. The number of anilines is 1. The van der Waals surface area contributed by atoms with Crippen LogP contribution in [0.2, 0.25) is 19.6 Å². The van der Waals surface area contributed by atoms with Gasteiger partial charge in [0.05, 0.1) is 5.56 Å². The Balaban J connectivity index is 2.34. The van der Waals surface area contributed by atoms with Crippen molar-refractivity contribution in [2.45, 2.75) is 39.4 Å². The molecule has 1 heterocycles. The zero-order valence-corrected chi connectivity index (χ0v) is 13.3. The fourth-order valence-corrected chi connectivity index (χ4v) is 3.22. The monoisotopic (exact) mass is 277 g/mol. The Bertz CT molecular complexity index is 474. The van der Waals surface area contributed by atoms with Crippen LogP contribution in [0.3, 0.4) is 0 Å². The van der Waals surface area contributed by atoms with Crippen LogP contribution in [0, 0.1) is 0 Å². The number of rotatable bonds is 4. The summed E-state index contributed by atoms with van der Waals surface area (Å²) in [7, 11) is -1.71. The van der Waals surface area contributed by atoms with Gasteiger partial charge in [-0.25, -0.2) is 0 Å². The van der Waals surface area contributed by atoms with Crippen molar-refractivity contribution in [3.8, 4) is 5.75 Å². The Kier molecular flexibility index (Phi) is 3.99. The molecule has 0 radical (unpaired) electrons. The quantitative estimate of drug-likeness (QED) is 0.621. The van der Waals surface area contributed by atoms with E-state index < -0.39 is 8.32 Å². The molecule has 0 spiro atoms. The van der Waals surface area contributed by atoms with Crippen molar-refractivity contribution < 1.29 is 9.22 Å². The Morgan fingerprint density at radius 1 is 1.21 bits per heavy atom. The summed E-state index contributed by atoms with van der Waals surface area (Å²) in [5.41, 5.74) is 1.88. The maximum absolute atomic E-state index is 11.7. The van der Waals surface area contributed by atoms with Gasteiger partial charge in [0.25, 0.3) is 0 Å². The minimum absolute atomic E-state index is 0.0706. The van der Waals surface area contributed by atoms with Crippen LogP contribution in [0.25, 0.3) is 0 Å². The minimum atomic E-state index is -1.71. The highest BCUT2D eigenvalue weighted by Crippen LogP contribution is 2.30. The molecule has 1 aliphatic heterocycles. The lowest BCUT2D eigenvalue weighted by atomic mass is 10.1. The molecule has 0 amide bonds. The van der Waals surface area contributed by atoms with Crippen molar-refractivity contribution in [2.75, 3.05) is 18.0 Å². The second kappa shape index (κ2) is 5.37. The summed E-state index contributed by atoms with van der Waals surface area (Å²) >= 11 is 0. The SMILES string of the molecule is CC(=O)c1ccc(N2CCCC2)cc1O[Si](C)(C)C. The van der Waals surface area contributed by atoms with Crippen LogP contribution < -0.4 is 9.33 Å². The van der Waals surface area contributed by atoms with Crippen LogP contribution >= 0.6 is 0 Å². The summed E-state index contributed by atoms with van der Waals surface area (Å²) in [5.74, 6) is 0.831. The van der Waals surface area contributed by atoms with E-state index in [4.69, 9.17) is 4.43 Å². The van der Waals surface area contributed by atoms with Crippen LogP contribution in [0.1, 0.15) is 30.1 Å². The van der Waals surface area contributed by atoms with Gasteiger partial charge in [-0.1, -0.05) is 0 Å². The molecule has 3 nitrogen and oxygen atoms in total. The topological polar surface area (TPSA) is 29.5 Å². The van der Waals surface area contributed by atoms with Crippen molar-refractivity contribution >= 4 is 19.8 Å². The molecule has 1 aliphatic rings. The number of benzene rings is 1. The molecule has 0 bridgehead atoms. The third kappa shape index (κ3) is 3.59. The fraction of sp³-hybridized carbons (Fsp3) is 0.533. The predicted octanol–water partition coefficient (Wildman–Crippen LogP) is 3.70. The lowest BCUT2D eigenvalue weighted by molar-refractivity contribution is 0.101. The number of ketones is 1. The predicted molar refractivity (Wildman–Crippen MR) is 81.9 cm³/mol. The average molecular weight is 277 g/mol. The third-order valence-corrected chi connectivity index (χ3v) is 4.06. The van der Waals surface area contributed by atoms with Crippen molar-refractivity contribution in [3.05, 3.63) is 23.8 Å². The molecule has 1 fully saturated rings. The largest absolute Gasteiger partial charge is 0.544 e. The molecule has 2 rings (SSSR count). The van der Waals surface area contributed by atoms with Gasteiger partial charge < -0.3 is 9.33 Å². The lowest BCUT2D eigenvalue weighted by Gasteiger charge is -2.24. The van der Waals surface area contributed by atoms with Gasteiger partial charge in [-0.3, -0.25) is 4.79 Å². The molecule has 0 saturated carbocycles. The van der Waals surface area contributed by atoms with E-state index in [0.29, 0.717) is 5.56 Å². The van der Waals surface area contributed by atoms with Gasteiger partial charge in [-0.15, -0.1) is 0 Å². The number of hydrogen-bond donors (Lipinski definition) is 0. The highest BCUT2D eigenvalue weighted by Gasteiger charge is 2.21. The molecule has 0 N–H and O–H groups in total. The molecule has 1 saturated heterocycles. The van der Waals surface area contributed by atoms with Crippen LogP contribution in [-0.2, 0) is 0 Å². The van der Waals surface area contributed by atoms with E-state index in [2.05, 4.69) is 24.5 Å². The van der Waals surface area contributed by atoms with Crippen LogP contribution in [0.5, 0.6) is 5.75 Å². The van der Waals surface area contributed by atoms with Gasteiger partial charge in [0.2, 0.25) is 8.32 Å². The number of carbonyl (C=O) groups is 1. The van der Waals surface area contributed by atoms with Crippen LogP contribution in [0.4, 0.5) is 5.69 Å². The standard InChI is InChI=1S/C15H23NO2Si/c1-12(17)14-8-7-13(16-9-5-6-10-16)11-15(14)18-19(2,3)4/h7-8,11H,5-6,9-10H2,1-4H3. The van der Waals surface area contributed by atoms with Crippen molar-refractivity contribution in [1.82, 2.24) is 0 Å². The zero-order valence-electron chi connectivity index (χ0n) is 12.3. The van der Waals surface area contributed by atoms with Crippen molar-refractivity contribution in [3.63, 3.8) is 0 Å². The third-order valence-electron chi connectivity index (χ3n) is 3.23. The lowest BCUT2D eigenvalue weighted by Crippen LogP contribution is -2.30. The maximum Gasteiger partial charge on any atom is 0.242 e. The highest BCUT2D eigenvalue weighted by molar-refractivity contribution is 6.70. The molecule has 0 aliphatic carbocycles. The Labute approximate surface area is 116 Å². The van der Waals surface area contributed by atoms with Gasteiger partial charge in [0.15, 0.2) is 5.78 Å². The number of hydrogen-bond acceptors (Lipinski definition) is 3. The molecular formula is C15H23NO2Si. The first-order chi connectivity index (χ1) is 8.87. The second-order valence-corrected chi connectivity index (χ2v) is 10.6. The van der Waals surface area contributed by atoms with Crippen molar-refractivity contribution in [1.29, 1.82) is 0 Å². The normalized spacial score (nSPS) is 15.7. The van der Waals surface area contributed by atoms with E-state index in [1.165, 1.54) is 18.5 Å². The van der Waals surface area contributed by atoms with Gasteiger partial charge >= 0.3 is 0 Å². The second-order valence-electron chi connectivity index (χ2n) is 6.15. The van der Waals surface area contributed by atoms with Gasteiger partial charge in [0.1, 0.15) is 5.75 Å². The summed E-state index contributed by atoms with van der Waals surface area (Å²) in [6, 6.07) is 5.99. The van der Waals surface area contributed by atoms with Crippen LogP contribution in [0.15, 0.2) is 18.2 Å². The molecule has 104 valence electrons. The van der Waals surface area contributed by atoms with Crippen LogP contribution in [-0.4, -0.2) is 27.2 Å². The summed E-state index contributed by atoms with van der Waals surface area (Å²) < 4.78 is 6.09. The smallest absolute Gasteiger partial charge is 0.242 e. The molecule has 1 aromatic carbocycles. The van der Waals surface area contributed by atoms with E-state index in [9.17, 15) is 4.79 Å². The highest BCUT2D eigenvalue weighted by atomic mass is 28.4. The summed E-state index contributed by atoms with van der Waals surface area (Å²) in [6.45, 7) is 10.2. The average Bonchev–Trinajstić information content (AvgIpc) is 2.79. The number of nitrogens with zero attached hydrogens (tertiary/aromatic N) is 1.